The summed E-state index contributed by atoms with van der Waals surface area (Å²) >= 11 is 0. The summed E-state index contributed by atoms with van der Waals surface area (Å²) in [4.78, 5) is 2.56. The first-order valence-electron chi connectivity index (χ1n) is 6.96. The van der Waals surface area contributed by atoms with Gasteiger partial charge in [-0.05, 0) is 19.8 Å². The van der Waals surface area contributed by atoms with Crippen LogP contribution in [0.1, 0.15) is 32.6 Å². The van der Waals surface area contributed by atoms with Crippen LogP contribution in [-0.4, -0.2) is 56.0 Å². The molecule has 1 aliphatic carbocycles. The van der Waals surface area contributed by atoms with Crippen LogP contribution in [0.25, 0.3) is 0 Å². The van der Waals surface area contributed by atoms with Gasteiger partial charge in [0.2, 0.25) is 0 Å². The molecule has 1 unspecified atom stereocenters. The maximum absolute atomic E-state index is 6.42. The van der Waals surface area contributed by atoms with E-state index in [1.54, 1.807) is 0 Å². The van der Waals surface area contributed by atoms with E-state index >= 15 is 0 Å². The number of nitrogens with zero attached hydrogens (tertiary/aromatic N) is 1. The molecule has 0 radical (unpaired) electrons. The minimum atomic E-state index is 0.142. The summed E-state index contributed by atoms with van der Waals surface area (Å²) in [5, 5.41) is 0. The molecule has 100 valence electrons. The highest BCUT2D eigenvalue weighted by molar-refractivity contribution is 5.02. The normalized spacial score (nSPS) is 27.2. The van der Waals surface area contributed by atoms with E-state index < -0.39 is 0 Å². The lowest BCUT2D eigenvalue weighted by Crippen LogP contribution is -2.62. The smallest absolute Gasteiger partial charge is 0.0635 e. The van der Waals surface area contributed by atoms with E-state index in [-0.39, 0.29) is 11.6 Å². The maximum atomic E-state index is 6.42. The Bertz CT molecular complexity index is 223. The Balaban J connectivity index is 2.02. The van der Waals surface area contributed by atoms with Gasteiger partial charge in [0, 0.05) is 31.3 Å². The van der Waals surface area contributed by atoms with E-state index in [1.807, 2.05) is 6.92 Å². The van der Waals surface area contributed by atoms with Gasteiger partial charge in [0.1, 0.15) is 0 Å². The van der Waals surface area contributed by atoms with Crippen molar-refractivity contribution < 1.29 is 9.47 Å². The number of hydrogen-bond acceptors (Lipinski definition) is 4. The van der Waals surface area contributed by atoms with E-state index in [4.69, 9.17) is 15.2 Å². The molecule has 1 heterocycles. The lowest BCUT2D eigenvalue weighted by molar-refractivity contribution is -0.0425. The van der Waals surface area contributed by atoms with Gasteiger partial charge in [0.05, 0.1) is 19.8 Å². The standard InChI is InChI=1S/C13H26N2O2/c1-2-16-11-12(14)13(5-3-4-6-13)15-7-9-17-10-8-15/h12H,2-11,14H2,1H3. The predicted octanol–water partition coefficient (Wildman–Crippen LogP) is 0.995. The highest BCUT2D eigenvalue weighted by Gasteiger charge is 2.44. The van der Waals surface area contributed by atoms with Crippen LogP contribution in [0.5, 0.6) is 0 Å². The SMILES string of the molecule is CCOCC(N)C1(N2CCOCC2)CCCC1. The predicted molar refractivity (Wildman–Crippen MR) is 68.1 cm³/mol. The third-order valence-electron chi connectivity index (χ3n) is 4.30. The second kappa shape index (κ2) is 6.14. The van der Waals surface area contributed by atoms with Gasteiger partial charge in [0.25, 0.3) is 0 Å². The molecule has 1 saturated heterocycles. The average molecular weight is 242 g/mol. The van der Waals surface area contributed by atoms with Crippen molar-refractivity contribution in [3.8, 4) is 0 Å². The van der Waals surface area contributed by atoms with Crippen molar-refractivity contribution in [3.63, 3.8) is 0 Å². The van der Waals surface area contributed by atoms with Gasteiger partial charge >= 0.3 is 0 Å². The number of hydrogen-bond donors (Lipinski definition) is 1. The zero-order valence-corrected chi connectivity index (χ0v) is 11.0. The van der Waals surface area contributed by atoms with Gasteiger partial charge in [-0.25, -0.2) is 0 Å². The average Bonchev–Trinajstić information content (AvgIpc) is 2.87. The van der Waals surface area contributed by atoms with Gasteiger partial charge in [-0.1, -0.05) is 12.8 Å². The second-order valence-electron chi connectivity index (χ2n) is 5.18. The van der Waals surface area contributed by atoms with Crippen LogP contribution < -0.4 is 5.73 Å². The largest absolute Gasteiger partial charge is 0.380 e. The summed E-state index contributed by atoms with van der Waals surface area (Å²) in [5.41, 5.74) is 6.60. The third kappa shape index (κ3) is 2.81. The van der Waals surface area contributed by atoms with Crippen molar-refractivity contribution in [2.75, 3.05) is 39.5 Å². The Morgan fingerprint density at radius 1 is 1.29 bits per heavy atom. The Kier molecular flexibility index (Phi) is 4.79. The van der Waals surface area contributed by atoms with Crippen LogP contribution in [0.2, 0.25) is 0 Å². The van der Waals surface area contributed by atoms with Gasteiger partial charge in [0.15, 0.2) is 0 Å². The first-order chi connectivity index (χ1) is 8.29. The van der Waals surface area contributed by atoms with Crippen LogP contribution in [0.3, 0.4) is 0 Å². The molecule has 4 heteroatoms. The van der Waals surface area contributed by atoms with Gasteiger partial charge in [-0.2, -0.15) is 0 Å². The van der Waals surface area contributed by atoms with Crippen molar-refractivity contribution in [1.29, 1.82) is 0 Å². The fourth-order valence-electron chi connectivity index (χ4n) is 3.32. The molecule has 2 aliphatic rings. The molecule has 2 rings (SSSR count). The molecular weight excluding hydrogens is 216 g/mol. The molecule has 0 aromatic rings. The summed E-state index contributed by atoms with van der Waals surface area (Å²) in [6.45, 7) is 7.23. The number of morpholine rings is 1. The number of nitrogens with two attached hydrogens (primary N) is 1. The minimum Gasteiger partial charge on any atom is -0.380 e. The Labute approximate surface area is 104 Å². The van der Waals surface area contributed by atoms with Crippen molar-refractivity contribution in [2.24, 2.45) is 5.73 Å². The molecule has 2 fully saturated rings. The molecule has 0 spiro atoms. The molecule has 17 heavy (non-hydrogen) atoms. The highest BCUT2D eigenvalue weighted by atomic mass is 16.5. The van der Waals surface area contributed by atoms with Crippen molar-refractivity contribution >= 4 is 0 Å². The lowest BCUT2D eigenvalue weighted by Gasteiger charge is -2.47. The van der Waals surface area contributed by atoms with Gasteiger partial charge in [-0.3, -0.25) is 4.90 Å². The lowest BCUT2D eigenvalue weighted by atomic mass is 9.86. The molecule has 2 N–H and O–H groups in total. The fourth-order valence-corrected chi connectivity index (χ4v) is 3.32. The van der Waals surface area contributed by atoms with E-state index in [0.717, 1.165) is 32.9 Å². The molecular formula is C13H26N2O2. The molecule has 0 aromatic carbocycles. The Morgan fingerprint density at radius 3 is 2.53 bits per heavy atom. The van der Waals surface area contributed by atoms with Crippen LogP contribution in [0.15, 0.2) is 0 Å². The Hall–Kier alpha value is -0.160. The molecule has 0 aromatic heterocycles. The van der Waals surface area contributed by atoms with Crippen LogP contribution in [-0.2, 0) is 9.47 Å². The van der Waals surface area contributed by atoms with E-state index in [2.05, 4.69) is 4.90 Å². The highest BCUT2D eigenvalue weighted by Crippen LogP contribution is 2.38. The molecule has 0 bridgehead atoms. The van der Waals surface area contributed by atoms with Crippen molar-refractivity contribution in [3.05, 3.63) is 0 Å². The fraction of sp³-hybridized carbons (Fsp3) is 1.00. The first-order valence-corrected chi connectivity index (χ1v) is 6.96. The number of rotatable bonds is 5. The second-order valence-corrected chi connectivity index (χ2v) is 5.18. The number of ether oxygens (including phenoxy) is 2. The zero-order chi connectivity index (χ0) is 12.1. The monoisotopic (exact) mass is 242 g/mol. The van der Waals surface area contributed by atoms with E-state index in [9.17, 15) is 0 Å². The summed E-state index contributed by atoms with van der Waals surface area (Å²) < 4.78 is 11.0. The Morgan fingerprint density at radius 2 is 1.94 bits per heavy atom. The molecule has 1 saturated carbocycles. The van der Waals surface area contributed by atoms with Gasteiger partial charge in [-0.15, -0.1) is 0 Å². The first kappa shape index (κ1) is 13.3. The van der Waals surface area contributed by atoms with E-state index in [1.165, 1.54) is 25.7 Å². The summed E-state index contributed by atoms with van der Waals surface area (Å²) in [6, 6.07) is 0.142. The summed E-state index contributed by atoms with van der Waals surface area (Å²) in [7, 11) is 0. The van der Waals surface area contributed by atoms with Crippen LogP contribution in [0, 0.1) is 0 Å². The quantitative estimate of drug-likeness (QED) is 0.781. The zero-order valence-electron chi connectivity index (χ0n) is 11.0. The maximum Gasteiger partial charge on any atom is 0.0635 e. The van der Waals surface area contributed by atoms with Crippen LogP contribution >= 0.6 is 0 Å². The van der Waals surface area contributed by atoms with Crippen molar-refractivity contribution in [1.82, 2.24) is 4.90 Å². The molecule has 1 atom stereocenters. The molecule has 1 aliphatic heterocycles. The molecule has 0 amide bonds. The van der Waals surface area contributed by atoms with E-state index in [0.29, 0.717) is 6.61 Å². The third-order valence-corrected chi connectivity index (χ3v) is 4.30. The minimum absolute atomic E-state index is 0.142. The van der Waals surface area contributed by atoms with Gasteiger partial charge < -0.3 is 15.2 Å². The summed E-state index contributed by atoms with van der Waals surface area (Å²) in [5.74, 6) is 0. The topological polar surface area (TPSA) is 47.7 Å². The van der Waals surface area contributed by atoms with Crippen molar-refractivity contribution in [2.45, 2.75) is 44.2 Å². The molecule has 4 nitrogen and oxygen atoms in total. The summed E-state index contributed by atoms with van der Waals surface area (Å²) in [6.07, 6.45) is 5.05. The van der Waals surface area contributed by atoms with Crippen LogP contribution in [0.4, 0.5) is 0 Å².